The Morgan fingerprint density at radius 1 is 0.895 bits per heavy atom. The molecule has 2 heterocycles. The highest BCUT2D eigenvalue weighted by atomic mass is 32.2. The van der Waals surface area contributed by atoms with Crippen LogP contribution in [0.25, 0.3) is 11.2 Å². The molecular formula is C10H12O7S2. The predicted molar refractivity (Wildman–Crippen MR) is 66.7 cm³/mol. The third kappa shape index (κ3) is 3.66. The van der Waals surface area contributed by atoms with Crippen LogP contribution in [0, 0.1) is 0 Å². The van der Waals surface area contributed by atoms with Gasteiger partial charge in [0.2, 0.25) is 0 Å². The Hall–Kier alpha value is -1.16. The first-order valence-electron chi connectivity index (χ1n) is 5.17. The molecule has 2 aromatic rings. The van der Waals surface area contributed by atoms with Gasteiger partial charge < -0.3 is 4.42 Å². The third-order valence-corrected chi connectivity index (χ3v) is 3.49. The largest absolute Gasteiger partial charge is 0.457 e. The molecule has 0 aromatic carbocycles. The summed E-state index contributed by atoms with van der Waals surface area (Å²) in [6.45, 7) is -0.436. The second kappa shape index (κ2) is 4.75. The molecule has 0 aliphatic carbocycles. The molecule has 0 aliphatic heterocycles. The maximum Gasteiger partial charge on any atom is 0.264 e. The molecule has 2 rings (SSSR count). The fraction of sp³-hybridized carbons (Fsp3) is 0.400. The van der Waals surface area contributed by atoms with Gasteiger partial charge in [0.25, 0.3) is 20.2 Å². The highest BCUT2D eigenvalue weighted by molar-refractivity contribution is 7.86. The lowest BCUT2D eigenvalue weighted by Gasteiger charge is -2.05. The van der Waals surface area contributed by atoms with Crippen LogP contribution in [-0.4, -0.2) is 29.3 Å². The van der Waals surface area contributed by atoms with E-state index < -0.39 is 20.2 Å². The van der Waals surface area contributed by atoms with E-state index in [9.17, 15) is 16.8 Å². The quantitative estimate of drug-likeness (QED) is 0.728. The number of fused-ring (bicyclic) bond motifs is 2. The molecule has 106 valence electrons. The maximum atomic E-state index is 11.0. The van der Waals surface area contributed by atoms with Gasteiger partial charge in [-0.05, 0) is 12.1 Å². The van der Waals surface area contributed by atoms with Crippen molar-refractivity contribution in [1.29, 1.82) is 0 Å². The molecule has 0 spiro atoms. The van der Waals surface area contributed by atoms with E-state index in [1.165, 1.54) is 0 Å². The number of hydrogen-bond acceptors (Lipinski definition) is 7. The molecule has 2 bridgehead atoms. The van der Waals surface area contributed by atoms with Crippen molar-refractivity contribution in [1.82, 2.24) is 0 Å². The topological polar surface area (TPSA) is 99.9 Å². The Kier molecular flexibility index (Phi) is 3.56. The summed E-state index contributed by atoms with van der Waals surface area (Å²) in [7, 11) is -7.18. The summed E-state index contributed by atoms with van der Waals surface area (Å²) in [5, 5.41) is 0. The Bertz CT molecular complexity index is 705. The first-order valence-corrected chi connectivity index (χ1v) is 8.80. The van der Waals surface area contributed by atoms with Crippen molar-refractivity contribution in [3.8, 4) is 0 Å². The monoisotopic (exact) mass is 308 g/mol. The van der Waals surface area contributed by atoms with Crippen LogP contribution < -0.4 is 0 Å². The number of rotatable bonds is 6. The zero-order valence-electron chi connectivity index (χ0n) is 10.2. The summed E-state index contributed by atoms with van der Waals surface area (Å²) in [5.41, 5.74) is 1.86. The lowest BCUT2D eigenvalue weighted by atomic mass is 10.1. The van der Waals surface area contributed by atoms with Gasteiger partial charge in [-0.2, -0.15) is 16.8 Å². The van der Waals surface area contributed by atoms with Gasteiger partial charge >= 0.3 is 0 Å². The van der Waals surface area contributed by atoms with E-state index >= 15 is 0 Å². The van der Waals surface area contributed by atoms with Crippen molar-refractivity contribution < 1.29 is 29.6 Å². The van der Waals surface area contributed by atoms with Gasteiger partial charge in [0.15, 0.2) is 0 Å². The minimum Gasteiger partial charge on any atom is -0.457 e. The van der Waals surface area contributed by atoms with Crippen LogP contribution in [-0.2, 0) is 41.8 Å². The van der Waals surface area contributed by atoms with Crippen LogP contribution >= 0.6 is 0 Å². The Labute approximate surface area is 110 Å². The van der Waals surface area contributed by atoms with Crippen molar-refractivity contribution >= 4 is 31.4 Å². The maximum absolute atomic E-state index is 11.0. The Morgan fingerprint density at radius 3 is 1.58 bits per heavy atom. The SMILES string of the molecule is CS(=O)(=O)OCc1c(COS(C)(=O)=O)c2ccc1o2. The zero-order valence-corrected chi connectivity index (χ0v) is 11.9. The fourth-order valence-electron chi connectivity index (χ4n) is 1.61. The molecule has 0 unspecified atom stereocenters. The van der Waals surface area contributed by atoms with Crippen molar-refractivity contribution in [2.24, 2.45) is 0 Å². The second-order valence-corrected chi connectivity index (χ2v) is 7.34. The molecule has 2 aromatic heterocycles. The van der Waals surface area contributed by atoms with Gasteiger partial charge in [-0.25, -0.2) is 0 Å². The average molecular weight is 308 g/mol. The molecule has 0 saturated heterocycles. The zero-order chi connectivity index (χ0) is 14.3. The standard InChI is InChI=1S/C10H12O7S2/c1-18(11,12)15-5-7-8(6-16-19(2,13)14)10-4-3-9(7)17-10/h3-4H,5-6H2,1-2H3. The van der Waals surface area contributed by atoms with Gasteiger partial charge in [-0.1, -0.05) is 0 Å². The summed E-state index contributed by atoms with van der Waals surface area (Å²) in [6, 6.07) is 3.31. The molecule has 0 amide bonds. The molecule has 0 saturated carbocycles. The minimum absolute atomic E-state index is 0.218. The first-order chi connectivity index (χ1) is 8.66. The molecule has 7 nitrogen and oxygen atoms in total. The summed E-state index contributed by atoms with van der Waals surface area (Å²) in [4.78, 5) is 0. The highest BCUT2D eigenvalue weighted by Crippen LogP contribution is 2.30. The summed E-state index contributed by atoms with van der Waals surface area (Å²) < 4.78 is 58.6. The Morgan fingerprint density at radius 2 is 1.26 bits per heavy atom. The average Bonchev–Trinajstić information content (AvgIpc) is 2.81. The Balaban J connectivity index is 2.24. The van der Waals surface area contributed by atoms with E-state index in [1.54, 1.807) is 12.1 Å². The molecule has 0 atom stereocenters. The predicted octanol–water partition coefficient (Wildman–Crippen LogP) is 0.823. The molecule has 9 heteroatoms. The van der Waals surface area contributed by atoms with Crippen LogP contribution in [0.5, 0.6) is 0 Å². The van der Waals surface area contributed by atoms with Gasteiger partial charge in [0.05, 0.1) is 25.7 Å². The van der Waals surface area contributed by atoms with E-state index in [-0.39, 0.29) is 13.2 Å². The van der Waals surface area contributed by atoms with Crippen molar-refractivity contribution in [2.75, 3.05) is 12.5 Å². The van der Waals surface area contributed by atoms with Gasteiger partial charge in [0.1, 0.15) is 11.2 Å². The molecule has 0 N–H and O–H groups in total. The number of furan rings is 2. The number of benzene rings is 1. The van der Waals surface area contributed by atoms with Crippen LogP contribution in [0.4, 0.5) is 0 Å². The second-order valence-electron chi connectivity index (χ2n) is 4.05. The lowest BCUT2D eigenvalue weighted by Crippen LogP contribution is -2.07. The van der Waals surface area contributed by atoms with E-state index in [2.05, 4.69) is 8.37 Å². The van der Waals surface area contributed by atoms with Crippen LogP contribution in [0.1, 0.15) is 11.1 Å². The molecule has 0 fully saturated rings. The normalized spacial score (nSPS) is 13.4. The van der Waals surface area contributed by atoms with E-state index in [4.69, 9.17) is 4.42 Å². The van der Waals surface area contributed by atoms with E-state index in [1.807, 2.05) is 0 Å². The third-order valence-electron chi connectivity index (χ3n) is 2.40. The van der Waals surface area contributed by atoms with Crippen molar-refractivity contribution in [3.63, 3.8) is 0 Å². The highest BCUT2D eigenvalue weighted by Gasteiger charge is 2.19. The van der Waals surface area contributed by atoms with E-state index in [0.29, 0.717) is 22.3 Å². The molecule has 0 radical (unpaired) electrons. The molecule has 19 heavy (non-hydrogen) atoms. The van der Waals surface area contributed by atoms with Gasteiger partial charge in [0, 0.05) is 11.1 Å². The lowest BCUT2D eigenvalue weighted by molar-refractivity contribution is 0.294. The smallest absolute Gasteiger partial charge is 0.264 e. The first kappa shape index (κ1) is 14.3. The molecular weight excluding hydrogens is 296 g/mol. The fourth-order valence-corrected chi connectivity index (χ4v) is 2.27. The van der Waals surface area contributed by atoms with Crippen molar-refractivity contribution in [3.05, 3.63) is 23.3 Å². The van der Waals surface area contributed by atoms with Crippen LogP contribution in [0.2, 0.25) is 0 Å². The van der Waals surface area contributed by atoms with Crippen molar-refractivity contribution in [2.45, 2.75) is 13.2 Å². The summed E-state index contributed by atoms with van der Waals surface area (Å²) in [5.74, 6) is 0. The van der Waals surface area contributed by atoms with Crippen LogP contribution in [0.15, 0.2) is 16.5 Å². The van der Waals surface area contributed by atoms with E-state index in [0.717, 1.165) is 12.5 Å². The number of hydrogen-bond donors (Lipinski definition) is 0. The molecule has 0 aliphatic rings. The minimum atomic E-state index is -3.59. The summed E-state index contributed by atoms with van der Waals surface area (Å²) in [6.07, 6.45) is 1.86. The van der Waals surface area contributed by atoms with Gasteiger partial charge in [-0.15, -0.1) is 0 Å². The summed E-state index contributed by atoms with van der Waals surface area (Å²) >= 11 is 0. The van der Waals surface area contributed by atoms with Crippen LogP contribution in [0.3, 0.4) is 0 Å². The van der Waals surface area contributed by atoms with Gasteiger partial charge in [-0.3, -0.25) is 8.37 Å².